The molecule has 0 aromatic carbocycles. The summed E-state index contributed by atoms with van der Waals surface area (Å²) in [5.74, 6) is 0. The van der Waals surface area contributed by atoms with Gasteiger partial charge in [-0.15, -0.1) is 0 Å². The van der Waals surface area contributed by atoms with Crippen molar-refractivity contribution in [2.24, 2.45) is 0 Å². The molecular formula is C5H11NNa2O4S. The van der Waals surface area contributed by atoms with Crippen LogP contribution in [0.3, 0.4) is 0 Å². The van der Waals surface area contributed by atoms with E-state index in [9.17, 15) is 0 Å². The monoisotopic (exact) mass is 227 g/mol. The Balaban J connectivity index is -0.000000136. The van der Waals surface area contributed by atoms with E-state index in [1.165, 1.54) is 32.4 Å². The molecule has 1 fully saturated rings. The van der Waals surface area contributed by atoms with E-state index in [2.05, 4.69) is 5.32 Å². The summed E-state index contributed by atoms with van der Waals surface area (Å²) in [5.41, 5.74) is 0. The number of hydrogen-bond donors (Lipinski definition) is 1. The van der Waals surface area contributed by atoms with Crippen LogP contribution in [0, 0.1) is 0 Å². The zero-order valence-corrected chi connectivity index (χ0v) is 12.9. The molecule has 1 heterocycles. The topological polar surface area (TPSA) is 92.3 Å². The Hall–Kier alpha value is 1.83. The van der Waals surface area contributed by atoms with E-state index < -0.39 is 10.4 Å². The van der Waals surface area contributed by atoms with Crippen molar-refractivity contribution in [3.63, 3.8) is 0 Å². The van der Waals surface area contributed by atoms with Crippen LogP contribution >= 0.6 is 0 Å². The summed E-state index contributed by atoms with van der Waals surface area (Å²) in [6.07, 6.45) is 4.22. The molecule has 0 bridgehead atoms. The van der Waals surface area contributed by atoms with Gasteiger partial charge in [0.1, 0.15) is 0 Å². The van der Waals surface area contributed by atoms with Crippen LogP contribution in [-0.4, -0.2) is 30.6 Å². The molecule has 0 radical (unpaired) electrons. The smallest absolute Gasteiger partial charge is 0.759 e. The van der Waals surface area contributed by atoms with Crippen LogP contribution < -0.4 is 64.4 Å². The Bertz CT molecular complexity index is 161. The SMILES string of the molecule is C1CCNCC1.O=S(=O)([O-])[O-].[Na+].[Na+]. The number of hydrogen-bond acceptors (Lipinski definition) is 5. The molecule has 0 spiro atoms. The molecule has 1 aliphatic rings. The maximum absolute atomic E-state index is 8.52. The van der Waals surface area contributed by atoms with E-state index >= 15 is 0 Å². The first-order valence-corrected chi connectivity index (χ1v) is 4.71. The molecule has 1 rings (SSSR count). The summed E-state index contributed by atoms with van der Waals surface area (Å²) in [4.78, 5) is 0. The maximum atomic E-state index is 8.52. The third-order valence-corrected chi connectivity index (χ3v) is 1.21. The van der Waals surface area contributed by atoms with Crippen molar-refractivity contribution in [1.29, 1.82) is 0 Å². The molecule has 13 heavy (non-hydrogen) atoms. The molecule has 1 saturated heterocycles. The summed E-state index contributed by atoms with van der Waals surface area (Å²) in [7, 11) is -5.17. The predicted molar refractivity (Wildman–Crippen MR) is 37.2 cm³/mol. The molecule has 68 valence electrons. The minimum atomic E-state index is -5.17. The van der Waals surface area contributed by atoms with Crippen molar-refractivity contribution in [3.8, 4) is 0 Å². The zero-order valence-electron chi connectivity index (χ0n) is 8.08. The van der Waals surface area contributed by atoms with Crippen LogP contribution in [0.5, 0.6) is 0 Å². The second-order valence-electron chi connectivity index (χ2n) is 2.22. The number of piperidine rings is 1. The van der Waals surface area contributed by atoms with Gasteiger partial charge in [-0.1, -0.05) is 6.42 Å². The van der Waals surface area contributed by atoms with Crippen LogP contribution in [0.2, 0.25) is 0 Å². The van der Waals surface area contributed by atoms with Crippen molar-refractivity contribution in [2.45, 2.75) is 19.3 Å². The number of nitrogens with one attached hydrogen (secondary N) is 1. The fraction of sp³-hybridized carbons (Fsp3) is 1.00. The summed E-state index contributed by atoms with van der Waals surface area (Å²) >= 11 is 0. The van der Waals surface area contributed by atoms with Crippen molar-refractivity contribution in [2.75, 3.05) is 13.1 Å². The third-order valence-electron chi connectivity index (χ3n) is 1.21. The quantitative estimate of drug-likeness (QED) is 0.252. The third kappa shape index (κ3) is 31.6. The van der Waals surface area contributed by atoms with Gasteiger partial charge in [-0.2, -0.15) is 0 Å². The Morgan fingerprint density at radius 1 is 0.923 bits per heavy atom. The first-order valence-electron chi connectivity index (χ1n) is 3.37. The van der Waals surface area contributed by atoms with E-state index in [0.717, 1.165) is 0 Å². The largest absolute Gasteiger partial charge is 1.00 e. The second kappa shape index (κ2) is 11.9. The maximum Gasteiger partial charge on any atom is 1.00 e. The van der Waals surface area contributed by atoms with Gasteiger partial charge >= 0.3 is 59.1 Å². The van der Waals surface area contributed by atoms with Crippen molar-refractivity contribution < 1.29 is 76.6 Å². The molecule has 0 amide bonds. The van der Waals surface area contributed by atoms with E-state index in [-0.39, 0.29) is 59.1 Å². The van der Waals surface area contributed by atoms with Gasteiger partial charge in [-0.3, -0.25) is 8.42 Å². The second-order valence-corrected chi connectivity index (χ2v) is 3.04. The van der Waals surface area contributed by atoms with Gasteiger partial charge in [-0.25, -0.2) is 0 Å². The minimum absolute atomic E-state index is 0. The Kier molecular flexibility index (Phi) is 18.6. The van der Waals surface area contributed by atoms with Crippen LogP contribution in [-0.2, 0) is 10.4 Å². The van der Waals surface area contributed by atoms with Crippen LogP contribution in [0.25, 0.3) is 0 Å². The molecular weight excluding hydrogens is 216 g/mol. The van der Waals surface area contributed by atoms with Gasteiger partial charge in [-0.05, 0) is 25.9 Å². The fourth-order valence-corrected chi connectivity index (χ4v) is 0.802. The Morgan fingerprint density at radius 2 is 1.23 bits per heavy atom. The van der Waals surface area contributed by atoms with Gasteiger partial charge in [0.15, 0.2) is 0 Å². The Labute approximate surface area is 123 Å². The summed E-state index contributed by atoms with van der Waals surface area (Å²) in [6, 6.07) is 0. The molecule has 1 aliphatic heterocycles. The minimum Gasteiger partial charge on any atom is -0.759 e. The van der Waals surface area contributed by atoms with Crippen LogP contribution in [0.15, 0.2) is 0 Å². The first-order chi connectivity index (χ1) is 5.00. The van der Waals surface area contributed by atoms with E-state index in [4.69, 9.17) is 17.5 Å². The van der Waals surface area contributed by atoms with Gasteiger partial charge < -0.3 is 14.4 Å². The zero-order chi connectivity index (χ0) is 8.74. The summed E-state index contributed by atoms with van der Waals surface area (Å²) in [5, 5.41) is 3.28. The molecule has 1 N–H and O–H groups in total. The molecule has 0 aromatic rings. The first kappa shape index (κ1) is 20.3. The van der Waals surface area contributed by atoms with Crippen LogP contribution in [0.1, 0.15) is 19.3 Å². The molecule has 0 unspecified atom stereocenters. The standard InChI is InChI=1S/C5H11N.2Na.H2O4S/c1-2-4-6-5-3-1;;;1-5(2,3)4/h6H,1-5H2;;;(H2,1,2,3,4)/q;2*+1;/p-2. The van der Waals surface area contributed by atoms with Crippen molar-refractivity contribution in [1.82, 2.24) is 5.32 Å². The normalized spacial score (nSPS) is 15.5. The average Bonchev–Trinajstić information content (AvgIpc) is 1.88. The molecule has 0 aromatic heterocycles. The van der Waals surface area contributed by atoms with Gasteiger partial charge in [0.2, 0.25) is 0 Å². The van der Waals surface area contributed by atoms with E-state index in [0.29, 0.717) is 0 Å². The van der Waals surface area contributed by atoms with Crippen molar-refractivity contribution >= 4 is 10.4 Å². The molecule has 0 atom stereocenters. The molecule has 0 aliphatic carbocycles. The molecule has 8 heteroatoms. The Morgan fingerprint density at radius 3 is 1.31 bits per heavy atom. The molecule has 0 saturated carbocycles. The predicted octanol–water partition coefficient (Wildman–Crippen LogP) is -6.57. The average molecular weight is 227 g/mol. The van der Waals surface area contributed by atoms with Gasteiger partial charge in [0, 0.05) is 10.4 Å². The van der Waals surface area contributed by atoms with E-state index in [1.54, 1.807) is 0 Å². The van der Waals surface area contributed by atoms with Gasteiger partial charge in [0.25, 0.3) is 0 Å². The van der Waals surface area contributed by atoms with Crippen molar-refractivity contribution in [3.05, 3.63) is 0 Å². The fourth-order valence-electron chi connectivity index (χ4n) is 0.802. The van der Waals surface area contributed by atoms with Gasteiger partial charge in [0.05, 0.1) is 0 Å². The summed E-state index contributed by atoms with van der Waals surface area (Å²) in [6.45, 7) is 2.50. The summed E-state index contributed by atoms with van der Waals surface area (Å²) < 4.78 is 34.1. The van der Waals surface area contributed by atoms with E-state index in [1.807, 2.05) is 0 Å². The van der Waals surface area contributed by atoms with Crippen LogP contribution in [0.4, 0.5) is 0 Å². The number of rotatable bonds is 0. The molecule has 5 nitrogen and oxygen atoms in total.